The molecule has 19 heavy (non-hydrogen) atoms. The zero-order chi connectivity index (χ0) is 14.3. The molecule has 4 unspecified atom stereocenters. The SMILES string of the molecule is CC1CC(C)CN(C2(CN)CCC(C)(C)CC2C)C1. The van der Waals surface area contributed by atoms with Crippen LogP contribution in [0.25, 0.3) is 0 Å². The van der Waals surface area contributed by atoms with Gasteiger partial charge in [-0.25, -0.2) is 0 Å². The number of nitrogens with zero attached hydrogens (tertiary/aromatic N) is 1. The molecule has 2 rings (SSSR count). The lowest BCUT2D eigenvalue weighted by molar-refractivity contribution is -0.0520. The minimum Gasteiger partial charge on any atom is -0.329 e. The van der Waals surface area contributed by atoms with E-state index >= 15 is 0 Å². The van der Waals surface area contributed by atoms with Crippen molar-refractivity contribution < 1.29 is 0 Å². The highest BCUT2D eigenvalue weighted by Gasteiger charge is 2.47. The Balaban J connectivity index is 2.18. The normalized spacial score (nSPS) is 44.2. The number of piperidine rings is 1. The molecule has 112 valence electrons. The maximum atomic E-state index is 6.30. The average Bonchev–Trinajstić information content (AvgIpc) is 2.27. The second kappa shape index (κ2) is 5.37. The molecule has 4 atom stereocenters. The molecule has 2 aliphatic rings. The summed E-state index contributed by atoms with van der Waals surface area (Å²) in [6.45, 7) is 15.4. The molecule has 0 aromatic rings. The molecule has 1 saturated carbocycles. The predicted molar refractivity (Wildman–Crippen MR) is 83.1 cm³/mol. The molecule has 0 aromatic carbocycles. The van der Waals surface area contributed by atoms with Gasteiger partial charge in [0, 0.05) is 25.2 Å². The molecule has 0 bridgehead atoms. The highest BCUT2D eigenvalue weighted by molar-refractivity contribution is 5.03. The molecular formula is C17H34N2. The molecule has 2 nitrogen and oxygen atoms in total. The third-order valence-electron chi connectivity index (χ3n) is 5.86. The topological polar surface area (TPSA) is 29.3 Å². The van der Waals surface area contributed by atoms with Gasteiger partial charge in [-0.3, -0.25) is 4.90 Å². The summed E-state index contributed by atoms with van der Waals surface area (Å²) in [6.07, 6.45) is 5.32. The van der Waals surface area contributed by atoms with Crippen molar-refractivity contribution in [3.8, 4) is 0 Å². The van der Waals surface area contributed by atoms with Crippen LogP contribution < -0.4 is 5.73 Å². The van der Waals surface area contributed by atoms with E-state index in [1.807, 2.05) is 0 Å². The van der Waals surface area contributed by atoms with Gasteiger partial charge >= 0.3 is 0 Å². The van der Waals surface area contributed by atoms with Crippen molar-refractivity contribution in [1.82, 2.24) is 4.90 Å². The molecule has 0 spiro atoms. The number of likely N-dealkylation sites (tertiary alicyclic amines) is 1. The first-order valence-corrected chi connectivity index (χ1v) is 8.24. The van der Waals surface area contributed by atoms with Crippen LogP contribution in [0, 0.1) is 23.2 Å². The van der Waals surface area contributed by atoms with Crippen molar-refractivity contribution in [2.24, 2.45) is 28.9 Å². The van der Waals surface area contributed by atoms with Gasteiger partial charge in [0.25, 0.3) is 0 Å². The highest BCUT2D eigenvalue weighted by Crippen LogP contribution is 2.47. The van der Waals surface area contributed by atoms with Gasteiger partial charge in [-0.1, -0.05) is 34.6 Å². The smallest absolute Gasteiger partial charge is 0.0357 e. The summed E-state index contributed by atoms with van der Waals surface area (Å²) < 4.78 is 0. The molecule has 0 aromatic heterocycles. The average molecular weight is 266 g/mol. The van der Waals surface area contributed by atoms with Gasteiger partial charge in [0.05, 0.1) is 0 Å². The van der Waals surface area contributed by atoms with Crippen molar-refractivity contribution in [1.29, 1.82) is 0 Å². The fourth-order valence-electron chi connectivity index (χ4n) is 4.85. The van der Waals surface area contributed by atoms with Gasteiger partial charge in [0.2, 0.25) is 0 Å². The van der Waals surface area contributed by atoms with Crippen molar-refractivity contribution >= 4 is 0 Å². The van der Waals surface area contributed by atoms with Crippen LogP contribution in [0.5, 0.6) is 0 Å². The van der Waals surface area contributed by atoms with Crippen LogP contribution >= 0.6 is 0 Å². The van der Waals surface area contributed by atoms with E-state index in [-0.39, 0.29) is 5.54 Å². The van der Waals surface area contributed by atoms with E-state index in [1.54, 1.807) is 0 Å². The van der Waals surface area contributed by atoms with Gasteiger partial charge in [-0.2, -0.15) is 0 Å². The molecule has 1 aliphatic carbocycles. The molecular weight excluding hydrogens is 232 g/mol. The second-order valence-corrected chi connectivity index (χ2v) is 8.43. The van der Waals surface area contributed by atoms with Gasteiger partial charge < -0.3 is 5.73 Å². The van der Waals surface area contributed by atoms with Crippen LogP contribution in [-0.2, 0) is 0 Å². The minimum atomic E-state index is 0.276. The van der Waals surface area contributed by atoms with Crippen LogP contribution in [0.1, 0.15) is 60.3 Å². The van der Waals surface area contributed by atoms with Crippen molar-refractivity contribution in [3.63, 3.8) is 0 Å². The number of hydrogen-bond acceptors (Lipinski definition) is 2. The molecule has 1 saturated heterocycles. The zero-order valence-corrected chi connectivity index (χ0v) is 13.7. The summed E-state index contributed by atoms with van der Waals surface area (Å²) >= 11 is 0. The Morgan fingerprint density at radius 3 is 2.11 bits per heavy atom. The Hall–Kier alpha value is -0.0800. The molecule has 1 heterocycles. The Labute approximate surface area is 120 Å². The van der Waals surface area contributed by atoms with Crippen molar-refractivity contribution in [2.75, 3.05) is 19.6 Å². The molecule has 2 heteroatoms. The summed E-state index contributed by atoms with van der Waals surface area (Å²) in [5, 5.41) is 0. The first-order chi connectivity index (χ1) is 8.79. The third kappa shape index (κ3) is 3.00. The first kappa shape index (κ1) is 15.3. The molecule has 2 fully saturated rings. The zero-order valence-electron chi connectivity index (χ0n) is 13.7. The summed E-state index contributed by atoms with van der Waals surface area (Å²) in [5.41, 5.74) is 7.08. The van der Waals surface area contributed by atoms with Crippen LogP contribution in [-0.4, -0.2) is 30.1 Å². The summed E-state index contributed by atoms with van der Waals surface area (Å²) in [7, 11) is 0. The van der Waals surface area contributed by atoms with Crippen LogP contribution in [0.2, 0.25) is 0 Å². The fraction of sp³-hybridized carbons (Fsp3) is 1.00. The lowest BCUT2D eigenvalue weighted by atomic mass is 9.62. The fourth-order valence-corrected chi connectivity index (χ4v) is 4.85. The second-order valence-electron chi connectivity index (χ2n) is 8.43. The van der Waals surface area contributed by atoms with Gasteiger partial charge in [-0.05, 0) is 48.9 Å². The minimum absolute atomic E-state index is 0.276. The molecule has 1 aliphatic heterocycles. The highest BCUT2D eigenvalue weighted by atomic mass is 15.2. The van der Waals surface area contributed by atoms with E-state index in [0.717, 1.165) is 24.3 Å². The maximum Gasteiger partial charge on any atom is 0.0357 e. The molecule has 0 radical (unpaired) electrons. The summed E-state index contributed by atoms with van der Waals surface area (Å²) in [4.78, 5) is 2.77. The lowest BCUT2D eigenvalue weighted by Crippen LogP contribution is -2.63. The predicted octanol–water partition coefficient (Wildman–Crippen LogP) is 3.51. The molecule has 0 amide bonds. The van der Waals surface area contributed by atoms with Gasteiger partial charge in [0.1, 0.15) is 0 Å². The number of hydrogen-bond donors (Lipinski definition) is 1. The summed E-state index contributed by atoms with van der Waals surface area (Å²) in [5.74, 6) is 2.38. The van der Waals surface area contributed by atoms with Crippen LogP contribution in [0.15, 0.2) is 0 Å². The largest absolute Gasteiger partial charge is 0.329 e. The van der Waals surface area contributed by atoms with Crippen molar-refractivity contribution in [2.45, 2.75) is 65.8 Å². The number of nitrogens with two attached hydrogens (primary N) is 1. The Bertz CT molecular complexity index is 302. The van der Waals surface area contributed by atoms with E-state index in [0.29, 0.717) is 5.41 Å². The van der Waals surface area contributed by atoms with E-state index in [4.69, 9.17) is 5.73 Å². The molecule has 2 N–H and O–H groups in total. The van der Waals surface area contributed by atoms with E-state index in [1.165, 1.54) is 38.8 Å². The Morgan fingerprint density at radius 2 is 1.63 bits per heavy atom. The maximum absolute atomic E-state index is 6.30. The van der Waals surface area contributed by atoms with E-state index < -0.39 is 0 Å². The van der Waals surface area contributed by atoms with Crippen molar-refractivity contribution in [3.05, 3.63) is 0 Å². The summed E-state index contributed by atoms with van der Waals surface area (Å²) in [6, 6.07) is 0. The van der Waals surface area contributed by atoms with Crippen LogP contribution in [0.4, 0.5) is 0 Å². The standard InChI is InChI=1S/C17H34N2/c1-13-8-14(2)11-19(10-13)17(12-18)7-6-16(4,5)9-15(17)3/h13-15H,6-12,18H2,1-5H3. The number of rotatable bonds is 2. The first-order valence-electron chi connectivity index (χ1n) is 8.24. The van der Waals surface area contributed by atoms with Crippen LogP contribution in [0.3, 0.4) is 0 Å². The Kier molecular flexibility index (Phi) is 4.32. The van der Waals surface area contributed by atoms with E-state index in [9.17, 15) is 0 Å². The van der Waals surface area contributed by atoms with Gasteiger partial charge in [0.15, 0.2) is 0 Å². The monoisotopic (exact) mass is 266 g/mol. The Morgan fingerprint density at radius 1 is 1.05 bits per heavy atom. The van der Waals surface area contributed by atoms with E-state index in [2.05, 4.69) is 39.5 Å². The van der Waals surface area contributed by atoms with Gasteiger partial charge in [-0.15, -0.1) is 0 Å². The quantitative estimate of drug-likeness (QED) is 0.829. The third-order valence-corrected chi connectivity index (χ3v) is 5.86. The lowest BCUT2D eigenvalue weighted by Gasteiger charge is -2.56.